The normalized spacial score (nSPS) is 16.7. The SMILES string of the molecule is c1cc2c3c(c1)B1c4c(cc(N5CCCC5)cc4N3c3cc(N4CCCC4)cc4c3B2n2c3ccccc3c3cccc-4c32)-c2cccc3c4ccccc4n1c23. The van der Waals surface area contributed by atoms with Crippen LogP contribution >= 0.6 is 0 Å². The molecule has 7 heteroatoms. The molecule has 268 valence electrons. The zero-order chi connectivity index (χ0) is 36.7. The van der Waals surface area contributed by atoms with E-state index in [1.165, 1.54) is 142 Å². The largest absolute Gasteiger partial charge is 0.375 e. The molecule has 57 heavy (non-hydrogen) atoms. The highest BCUT2D eigenvalue weighted by atomic mass is 15.2. The Morgan fingerprint density at radius 3 is 1.33 bits per heavy atom. The summed E-state index contributed by atoms with van der Waals surface area (Å²) < 4.78 is 5.44. The molecule has 7 aromatic carbocycles. The van der Waals surface area contributed by atoms with Gasteiger partial charge in [0.25, 0.3) is 0 Å². The molecule has 15 rings (SSSR count). The molecule has 2 aromatic heterocycles. The van der Waals surface area contributed by atoms with Crippen molar-refractivity contribution in [3.63, 3.8) is 0 Å². The van der Waals surface area contributed by atoms with Crippen molar-refractivity contribution in [2.24, 2.45) is 0 Å². The monoisotopic (exact) mass is 729 g/mol. The van der Waals surface area contributed by atoms with Gasteiger partial charge < -0.3 is 23.7 Å². The molecular weight excluding hydrogens is 692 g/mol. The average molecular weight is 730 g/mol. The Kier molecular flexibility index (Phi) is 5.42. The van der Waals surface area contributed by atoms with Crippen molar-refractivity contribution in [2.45, 2.75) is 25.7 Å². The van der Waals surface area contributed by atoms with Crippen LogP contribution in [0.25, 0.3) is 65.9 Å². The molecule has 6 aliphatic heterocycles. The lowest BCUT2D eigenvalue weighted by atomic mass is 9.39. The van der Waals surface area contributed by atoms with Gasteiger partial charge in [-0.2, -0.15) is 0 Å². The Hall–Kier alpha value is -6.33. The van der Waals surface area contributed by atoms with Gasteiger partial charge in [0.15, 0.2) is 0 Å². The summed E-state index contributed by atoms with van der Waals surface area (Å²) in [7, 11) is 0. The number of fused-ring (bicyclic) bond motifs is 14. The minimum atomic E-state index is 0.0474. The summed E-state index contributed by atoms with van der Waals surface area (Å²) in [6.45, 7) is 4.55. The second kappa shape index (κ2) is 10.3. The number of anilines is 5. The van der Waals surface area contributed by atoms with Crippen LogP contribution in [0.3, 0.4) is 0 Å². The molecule has 6 aliphatic rings. The van der Waals surface area contributed by atoms with E-state index in [4.69, 9.17) is 0 Å². The van der Waals surface area contributed by atoms with Crippen LogP contribution in [0.5, 0.6) is 0 Å². The van der Waals surface area contributed by atoms with E-state index in [2.05, 4.69) is 151 Å². The van der Waals surface area contributed by atoms with Gasteiger partial charge >= 0.3 is 13.7 Å². The molecule has 2 saturated heterocycles. The molecule has 0 amide bonds. The maximum absolute atomic E-state index is 2.75. The summed E-state index contributed by atoms with van der Waals surface area (Å²) in [6, 6.07) is 49.9. The second-order valence-electron chi connectivity index (χ2n) is 17.3. The number of para-hydroxylation sites is 5. The number of rotatable bonds is 2. The Labute approximate surface area is 331 Å². The Morgan fingerprint density at radius 1 is 0.404 bits per heavy atom. The third kappa shape index (κ3) is 3.50. The molecule has 0 bridgehead atoms. The van der Waals surface area contributed by atoms with Gasteiger partial charge in [0.05, 0.1) is 0 Å². The first kappa shape index (κ1) is 29.9. The maximum atomic E-state index is 2.75. The molecule has 8 heterocycles. The maximum Gasteiger partial charge on any atom is 0.333 e. The first-order chi connectivity index (χ1) is 28.3. The lowest BCUT2D eigenvalue weighted by Gasteiger charge is -2.47. The molecule has 2 fully saturated rings. The van der Waals surface area contributed by atoms with Crippen LogP contribution in [0, 0.1) is 0 Å². The van der Waals surface area contributed by atoms with E-state index in [1.807, 2.05) is 0 Å². The fourth-order valence-electron chi connectivity index (χ4n) is 12.5. The minimum absolute atomic E-state index is 0.0474. The summed E-state index contributed by atoms with van der Waals surface area (Å²) in [5, 5.41) is 5.38. The van der Waals surface area contributed by atoms with Gasteiger partial charge in [-0.3, -0.25) is 0 Å². The summed E-state index contributed by atoms with van der Waals surface area (Å²) in [5.74, 6) is 0. The first-order valence-electron chi connectivity index (χ1n) is 21.1. The van der Waals surface area contributed by atoms with E-state index in [0.29, 0.717) is 0 Å². The third-order valence-electron chi connectivity index (χ3n) is 14.7. The smallest absolute Gasteiger partial charge is 0.333 e. The van der Waals surface area contributed by atoms with Gasteiger partial charge in [-0.1, -0.05) is 91.0 Å². The van der Waals surface area contributed by atoms with Crippen LogP contribution in [0.1, 0.15) is 25.7 Å². The van der Waals surface area contributed by atoms with Crippen LogP contribution in [-0.4, -0.2) is 48.8 Å². The molecule has 9 aromatic rings. The standard InChI is InChI=1S/C50H37B2N5/c1-3-20-42-32(12-1)34-14-9-16-36-38-26-30(53-22-5-6-23-53)28-44-46(38)51(56(42)48(34)36)40-18-11-19-41-50(40)55(44)45-29-31(54-24-7-8-25-54)27-39-37-17-10-15-35-33-13-2-4-21-43(33)57(49(35)37)52(41)47(39)45/h1-4,9-21,26-29H,5-8,22-25H2. The Balaban J connectivity index is 1.13. The van der Waals surface area contributed by atoms with Crippen molar-refractivity contribution in [2.75, 3.05) is 40.9 Å². The fraction of sp³-hybridized carbons (Fsp3) is 0.160. The van der Waals surface area contributed by atoms with Gasteiger partial charge in [-0.05, 0) is 95.1 Å². The lowest BCUT2D eigenvalue weighted by Crippen LogP contribution is -2.64. The fourth-order valence-corrected chi connectivity index (χ4v) is 12.5. The van der Waals surface area contributed by atoms with E-state index in [1.54, 1.807) is 0 Å². The topological polar surface area (TPSA) is 19.6 Å². The molecule has 0 aliphatic carbocycles. The Bertz CT molecular complexity index is 3090. The molecular formula is C50H37B2N5. The average Bonchev–Trinajstić information content (AvgIpc) is 4.10. The number of benzene rings is 7. The zero-order valence-corrected chi connectivity index (χ0v) is 31.7. The molecule has 0 spiro atoms. The van der Waals surface area contributed by atoms with Crippen LogP contribution in [0.4, 0.5) is 28.4 Å². The van der Waals surface area contributed by atoms with Gasteiger partial charge in [0.1, 0.15) is 0 Å². The minimum Gasteiger partial charge on any atom is -0.375 e. The number of nitrogens with zero attached hydrogens (tertiary/aromatic N) is 5. The van der Waals surface area contributed by atoms with E-state index in [9.17, 15) is 0 Å². The summed E-state index contributed by atoms with van der Waals surface area (Å²) in [5.41, 5.74) is 23.3. The van der Waals surface area contributed by atoms with Crippen molar-refractivity contribution in [3.05, 3.63) is 127 Å². The highest BCUT2D eigenvalue weighted by Crippen LogP contribution is 2.50. The number of hydrogen-bond acceptors (Lipinski definition) is 3. The highest BCUT2D eigenvalue weighted by molar-refractivity contribution is 6.95. The van der Waals surface area contributed by atoms with E-state index >= 15 is 0 Å². The Morgan fingerprint density at radius 2 is 0.842 bits per heavy atom. The van der Waals surface area contributed by atoms with Crippen molar-refractivity contribution < 1.29 is 0 Å². The molecule has 0 radical (unpaired) electrons. The van der Waals surface area contributed by atoms with Crippen LogP contribution in [0.2, 0.25) is 0 Å². The quantitative estimate of drug-likeness (QED) is 0.167. The third-order valence-corrected chi connectivity index (χ3v) is 14.7. The summed E-state index contributed by atoms with van der Waals surface area (Å²) in [4.78, 5) is 8.06. The second-order valence-corrected chi connectivity index (χ2v) is 17.3. The van der Waals surface area contributed by atoms with E-state index < -0.39 is 0 Å². The van der Waals surface area contributed by atoms with Crippen molar-refractivity contribution in [3.8, 4) is 22.3 Å². The van der Waals surface area contributed by atoms with E-state index in [0.717, 1.165) is 26.2 Å². The van der Waals surface area contributed by atoms with Gasteiger partial charge in [-0.15, -0.1) is 0 Å². The molecule has 5 nitrogen and oxygen atoms in total. The predicted octanol–water partition coefficient (Wildman–Crippen LogP) is 8.47. The summed E-state index contributed by atoms with van der Waals surface area (Å²) >= 11 is 0. The summed E-state index contributed by atoms with van der Waals surface area (Å²) in [6.07, 6.45) is 5.01. The number of hydrogen-bond donors (Lipinski definition) is 0. The van der Waals surface area contributed by atoms with Crippen molar-refractivity contribution in [1.82, 2.24) is 8.96 Å². The van der Waals surface area contributed by atoms with Crippen molar-refractivity contribution >= 4 is 108 Å². The van der Waals surface area contributed by atoms with Gasteiger partial charge in [-0.25, -0.2) is 0 Å². The molecule has 0 unspecified atom stereocenters. The highest BCUT2D eigenvalue weighted by Gasteiger charge is 2.50. The lowest BCUT2D eigenvalue weighted by molar-refractivity contribution is 0.949. The molecule has 0 atom stereocenters. The van der Waals surface area contributed by atoms with Crippen LogP contribution in [-0.2, 0) is 0 Å². The number of aromatic nitrogens is 2. The zero-order valence-electron chi connectivity index (χ0n) is 31.7. The van der Waals surface area contributed by atoms with Gasteiger partial charge in [0, 0.05) is 109 Å². The predicted molar refractivity (Wildman–Crippen MR) is 242 cm³/mol. The van der Waals surface area contributed by atoms with E-state index in [-0.39, 0.29) is 13.7 Å². The van der Waals surface area contributed by atoms with Gasteiger partial charge in [0.2, 0.25) is 0 Å². The van der Waals surface area contributed by atoms with Crippen LogP contribution < -0.4 is 36.6 Å². The van der Waals surface area contributed by atoms with Crippen molar-refractivity contribution in [1.29, 1.82) is 0 Å². The first-order valence-corrected chi connectivity index (χ1v) is 21.1. The van der Waals surface area contributed by atoms with Crippen LogP contribution in [0.15, 0.2) is 127 Å². The molecule has 0 saturated carbocycles. The molecule has 0 N–H and O–H groups in total.